The summed E-state index contributed by atoms with van der Waals surface area (Å²) in [4.78, 5) is 23.8. The van der Waals surface area contributed by atoms with Gasteiger partial charge in [-0.05, 0) is 26.7 Å². The van der Waals surface area contributed by atoms with Gasteiger partial charge in [-0.25, -0.2) is 14.5 Å². The Kier molecular flexibility index (Phi) is 9.49. The van der Waals surface area contributed by atoms with E-state index in [0.717, 1.165) is 4.90 Å². The maximum absolute atomic E-state index is 11.6. The second kappa shape index (κ2) is 10.8. The van der Waals surface area contributed by atoms with Crippen molar-refractivity contribution in [2.24, 2.45) is 0 Å². The lowest BCUT2D eigenvalue weighted by Gasteiger charge is -2.11. The van der Waals surface area contributed by atoms with Gasteiger partial charge in [0.2, 0.25) is 0 Å². The number of esters is 1. The van der Waals surface area contributed by atoms with Gasteiger partial charge in [-0.15, -0.1) is 0 Å². The normalized spacial score (nSPS) is 10.0. The largest absolute Gasteiger partial charge is 0.466 e. The molecule has 6 nitrogen and oxygen atoms in total. The van der Waals surface area contributed by atoms with E-state index in [9.17, 15) is 14.7 Å². The quantitative estimate of drug-likeness (QED) is 0.365. The van der Waals surface area contributed by atoms with Crippen LogP contribution in [0, 0.1) is 35.6 Å². The van der Waals surface area contributed by atoms with Crippen LogP contribution in [-0.2, 0) is 14.3 Å². The van der Waals surface area contributed by atoms with E-state index in [0.29, 0.717) is 12.0 Å². The molecular weight excluding hydrogens is 310 g/mol. The van der Waals surface area contributed by atoms with Gasteiger partial charge in [0.1, 0.15) is 5.60 Å². The fourth-order valence-corrected chi connectivity index (χ4v) is 1.22. The van der Waals surface area contributed by atoms with Crippen LogP contribution in [-0.4, -0.2) is 48.4 Å². The Labute approximate surface area is 142 Å². The van der Waals surface area contributed by atoms with Crippen LogP contribution >= 0.6 is 0 Å². The maximum atomic E-state index is 11.6. The van der Waals surface area contributed by atoms with Gasteiger partial charge in [-0.2, -0.15) is 0 Å². The Morgan fingerprint density at radius 1 is 1.21 bits per heavy atom. The summed E-state index contributed by atoms with van der Waals surface area (Å²) in [6.07, 6.45) is 0.975. The van der Waals surface area contributed by atoms with Gasteiger partial charge >= 0.3 is 12.1 Å². The summed E-state index contributed by atoms with van der Waals surface area (Å²) in [5.41, 5.74) is -0.603. The van der Waals surface area contributed by atoms with Crippen LogP contribution in [0.5, 0.6) is 0 Å². The molecule has 0 spiro atoms. The first-order chi connectivity index (χ1) is 11.2. The first kappa shape index (κ1) is 21.1. The Balaban J connectivity index is 4.82. The number of amides is 1. The summed E-state index contributed by atoms with van der Waals surface area (Å²) in [5.74, 6) is 12.6. The van der Waals surface area contributed by atoms with Gasteiger partial charge in [0.05, 0.1) is 14.2 Å². The maximum Gasteiger partial charge on any atom is 0.421 e. The van der Waals surface area contributed by atoms with Crippen LogP contribution in [0.25, 0.3) is 0 Å². The number of carbonyl (C=O) groups excluding carboxylic acids is 2. The molecule has 0 aliphatic rings. The lowest BCUT2D eigenvalue weighted by molar-refractivity contribution is -0.134. The van der Waals surface area contributed by atoms with Crippen LogP contribution in [0.2, 0.25) is 0 Å². The summed E-state index contributed by atoms with van der Waals surface area (Å²) in [5, 5.41) is 9.44. The topological polar surface area (TPSA) is 76.1 Å². The Morgan fingerprint density at radius 2 is 1.88 bits per heavy atom. The zero-order valence-electron chi connectivity index (χ0n) is 14.5. The number of allylic oxidation sites excluding steroid dienone is 1. The molecule has 0 fully saturated rings. The number of hydrogen-bond donors (Lipinski definition) is 1. The van der Waals surface area contributed by atoms with E-state index in [2.05, 4.69) is 45.1 Å². The van der Waals surface area contributed by atoms with Gasteiger partial charge in [-0.1, -0.05) is 17.8 Å². The van der Waals surface area contributed by atoms with E-state index in [1.807, 2.05) is 0 Å². The van der Waals surface area contributed by atoms with Crippen molar-refractivity contribution in [1.29, 1.82) is 0 Å². The van der Waals surface area contributed by atoms with Crippen molar-refractivity contribution in [3.8, 4) is 35.6 Å². The third-order valence-electron chi connectivity index (χ3n) is 2.30. The van der Waals surface area contributed by atoms with Crippen molar-refractivity contribution in [2.45, 2.75) is 32.8 Å². The van der Waals surface area contributed by atoms with Gasteiger partial charge in [-0.3, -0.25) is 0 Å². The van der Waals surface area contributed by atoms with Crippen molar-refractivity contribution in [3.05, 3.63) is 11.6 Å². The lowest BCUT2D eigenvalue weighted by Crippen LogP contribution is -2.27. The van der Waals surface area contributed by atoms with Crippen LogP contribution in [0.4, 0.5) is 4.79 Å². The Morgan fingerprint density at radius 3 is 2.42 bits per heavy atom. The van der Waals surface area contributed by atoms with Crippen molar-refractivity contribution >= 4 is 12.1 Å². The average Bonchev–Trinajstić information content (AvgIpc) is 2.51. The molecule has 6 heteroatoms. The molecule has 0 unspecified atom stereocenters. The molecule has 128 valence electrons. The molecule has 0 aliphatic heterocycles. The predicted molar refractivity (Wildman–Crippen MR) is 89.1 cm³/mol. The van der Waals surface area contributed by atoms with Crippen LogP contribution in [0.3, 0.4) is 0 Å². The van der Waals surface area contributed by atoms with E-state index in [4.69, 9.17) is 0 Å². The third kappa shape index (κ3) is 10.8. The highest BCUT2D eigenvalue weighted by atomic mass is 16.5. The highest BCUT2D eigenvalue weighted by Crippen LogP contribution is 1.97. The number of hydrogen-bond acceptors (Lipinski definition) is 5. The fraction of sp³-hybridized carbons (Fsp3) is 0.444. The van der Waals surface area contributed by atoms with E-state index in [1.54, 1.807) is 6.92 Å². The standard InChI is InChI=1S/C18H21NO5/c1-15(14-16(20)23-4)10-6-8-12-19(17(21)24-5)13-9-7-11-18(2,3)22/h14,22H,8,12H2,1-5H3/b15-14+. The molecule has 1 amide bonds. The van der Waals surface area contributed by atoms with E-state index in [-0.39, 0.29) is 6.54 Å². The number of methoxy groups -OCH3 is 2. The molecule has 24 heavy (non-hydrogen) atoms. The van der Waals surface area contributed by atoms with Gasteiger partial charge in [0, 0.05) is 36.6 Å². The summed E-state index contributed by atoms with van der Waals surface area (Å²) >= 11 is 0. The second-order valence-corrected chi connectivity index (χ2v) is 5.07. The van der Waals surface area contributed by atoms with Crippen molar-refractivity contribution in [2.75, 3.05) is 20.8 Å². The van der Waals surface area contributed by atoms with E-state index in [1.165, 1.54) is 34.1 Å². The van der Waals surface area contributed by atoms with Crippen molar-refractivity contribution < 1.29 is 24.2 Å². The molecule has 0 rings (SSSR count). The fourth-order valence-electron chi connectivity index (χ4n) is 1.22. The second-order valence-electron chi connectivity index (χ2n) is 5.07. The van der Waals surface area contributed by atoms with Crippen molar-refractivity contribution in [3.63, 3.8) is 0 Å². The van der Waals surface area contributed by atoms with Gasteiger partial charge < -0.3 is 14.6 Å². The number of nitrogens with zero attached hydrogens (tertiary/aromatic N) is 1. The first-order valence-electron chi connectivity index (χ1n) is 7.05. The van der Waals surface area contributed by atoms with Gasteiger partial charge in [0.15, 0.2) is 0 Å². The molecule has 0 radical (unpaired) electrons. The monoisotopic (exact) mass is 331 g/mol. The molecule has 0 aromatic carbocycles. The lowest BCUT2D eigenvalue weighted by atomic mass is 10.1. The van der Waals surface area contributed by atoms with Crippen LogP contribution in [0.15, 0.2) is 11.6 Å². The third-order valence-corrected chi connectivity index (χ3v) is 2.30. The molecule has 0 aromatic heterocycles. The van der Waals surface area contributed by atoms with Gasteiger partial charge in [0.25, 0.3) is 0 Å². The van der Waals surface area contributed by atoms with Crippen LogP contribution in [0.1, 0.15) is 27.2 Å². The molecule has 0 saturated heterocycles. The average molecular weight is 331 g/mol. The molecule has 0 saturated carbocycles. The zero-order chi connectivity index (χ0) is 18.6. The molecule has 0 atom stereocenters. The molecule has 0 aromatic rings. The minimum Gasteiger partial charge on any atom is -0.466 e. The number of rotatable bonds is 3. The first-order valence-corrected chi connectivity index (χ1v) is 7.05. The Bertz CT molecular complexity index is 666. The summed E-state index contributed by atoms with van der Waals surface area (Å²) in [6, 6.07) is 2.54. The minimum atomic E-state index is -1.15. The summed E-state index contributed by atoms with van der Waals surface area (Å²) < 4.78 is 9.11. The minimum absolute atomic E-state index is 0.211. The SMILES string of the molecule is COC(=O)/C=C(\C)C#CCCN(C#CC#CC(C)(C)O)C(=O)OC. The van der Waals surface area contributed by atoms with E-state index < -0.39 is 17.7 Å². The molecule has 0 bridgehead atoms. The molecule has 0 aliphatic carbocycles. The zero-order valence-corrected chi connectivity index (χ0v) is 14.5. The molecular formula is C18H21NO5. The van der Waals surface area contributed by atoms with E-state index >= 15 is 0 Å². The Hall–Kier alpha value is -2.88. The highest BCUT2D eigenvalue weighted by Gasteiger charge is 2.09. The summed E-state index contributed by atoms with van der Waals surface area (Å²) in [6.45, 7) is 4.94. The number of ether oxygens (including phenoxy) is 2. The number of aliphatic hydroxyl groups is 1. The molecule has 1 N–H and O–H groups in total. The summed E-state index contributed by atoms with van der Waals surface area (Å²) in [7, 11) is 2.53. The molecule has 0 heterocycles. The predicted octanol–water partition coefficient (Wildman–Crippen LogP) is 1.30. The van der Waals surface area contributed by atoms with Crippen molar-refractivity contribution in [1.82, 2.24) is 4.90 Å². The smallest absolute Gasteiger partial charge is 0.421 e. The van der Waals surface area contributed by atoms with Crippen LogP contribution < -0.4 is 0 Å². The highest BCUT2D eigenvalue weighted by molar-refractivity contribution is 5.83. The number of carbonyl (C=O) groups is 2.